The molecule has 0 spiro atoms. The van der Waals surface area contributed by atoms with Crippen LogP contribution in [0.3, 0.4) is 0 Å². The monoisotopic (exact) mass is 416 g/mol. The number of hydrogen-bond acceptors (Lipinski definition) is 4. The van der Waals surface area contributed by atoms with E-state index in [9.17, 15) is 0 Å². The lowest BCUT2D eigenvalue weighted by Gasteiger charge is -2.27. The molecule has 3 aromatic rings. The summed E-state index contributed by atoms with van der Waals surface area (Å²) in [5.74, 6) is 0. The summed E-state index contributed by atoms with van der Waals surface area (Å²) in [7, 11) is 0. The highest BCUT2D eigenvalue weighted by Crippen LogP contribution is 2.49. The molecule has 4 nitrogen and oxygen atoms in total. The minimum atomic E-state index is 0.0353. The molecule has 3 unspecified atom stereocenters. The molecular weight excluding hydrogens is 388 g/mol. The van der Waals surface area contributed by atoms with E-state index in [4.69, 9.17) is 4.99 Å². The number of thioether (sulfide) groups is 1. The Morgan fingerprint density at radius 2 is 1.77 bits per heavy atom. The largest absolute Gasteiger partial charge is 0.341 e. The lowest BCUT2D eigenvalue weighted by molar-refractivity contribution is 0.320. The first-order valence-corrected chi connectivity index (χ1v) is 11.5. The number of pyridine rings is 1. The average molecular weight is 417 g/mol. The van der Waals surface area contributed by atoms with Gasteiger partial charge < -0.3 is 9.47 Å². The van der Waals surface area contributed by atoms with Crippen molar-refractivity contribution in [3.63, 3.8) is 0 Å². The molecule has 0 amide bonds. The van der Waals surface area contributed by atoms with E-state index in [1.54, 1.807) is 0 Å². The molecule has 2 aromatic heterocycles. The smallest absolute Gasteiger partial charge is 0.160 e. The predicted molar refractivity (Wildman–Crippen MR) is 126 cm³/mol. The van der Waals surface area contributed by atoms with Crippen molar-refractivity contribution in [1.29, 1.82) is 0 Å². The van der Waals surface area contributed by atoms with Crippen LogP contribution in [0.4, 0.5) is 0 Å². The van der Waals surface area contributed by atoms with Gasteiger partial charge in [0.25, 0.3) is 0 Å². The summed E-state index contributed by atoms with van der Waals surface area (Å²) in [6.07, 6.45) is 1.88. The number of nitrogens with zero attached hydrogens (tertiary/aromatic N) is 4. The summed E-state index contributed by atoms with van der Waals surface area (Å²) in [4.78, 5) is 12.3. The molecule has 154 valence electrons. The number of rotatable bonds is 3. The normalized spacial score (nSPS) is 23.0. The molecule has 3 atom stereocenters. The molecule has 2 aliphatic rings. The fraction of sp³-hybridized carbons (Fsp3) is 0.360. The van der Waals surface area contributed by atoms with Gasteiger partial charge in [-0.05, 0) is 62.6 Å². The van der Waals surface area contributed by atoms with Crippen molar-refractivity contribution in [2.24, 2.45) is 4.99 Å². The molecule has 0 N–H and O–H groups in total. The second-order valence-corrected chi connectivity index (χ2v) is 9.94. The molecule has 5 rings (SSSR count). The van der Waals surface area contributed by atoms with Crippen molar-refractivity contribution < 1.29 is 0 Å². The highest BCUT2D eigenvalue weighted by Gasteiger charge is 2.44. The topological polar surface area (TPSA) is 33.4 Å². The zero-order valence-electron chi connectivity index (χ0n) is 18.3. The van der Waals surface area contributed by atoms with Crippen molar-refractivity contribution in [2.75, 3.05) is 6.54 Å². The third-order valence-electron chi connectivity index (χ3n) is 6.33. The number of para-hydroxylation sites is 1. The van der Waals surface area contributed by atoms with E-state index in [0.29, 0.717) is 5.25 Å². The maximum Gasteiger partial charge on any atom is 0.160 e. The van der Waals surface area contributed by atoms with Crippen LogP contribution >= 0.6 is 11.8 Å². The Hall–Kier alpha value is -2.53. The van der Waals surface area contributed by atoms with Crippen molar-refractivity contribution in [3.05, 3.63) is 82.4 Å². The van der Waals surface area contributed by atoms with E-state index >= 15 is 0 Å². The van der Waals surface area contributed by atoms with Gasteiger partial charge in [-0.3, -0.25) is 9.98 Å². The standard InChI is InChI=1S/C25H28N4S/c1-15-9-8-10-16(2)23(15)29-17(3)13-20(19(29)5)24-22(21-11-6-7-12-26-21)27-25-28(24)14-18(4)30-25/h6-13,18,22,24H,14H2,1-5H3. The van der Waals surface area contributed by atoms with Crippen LogP contribution in [0, 0.1) is 27.7 Å². The molecule has 30 heavy (non-hydrogen) atoms. The fourth-order valence-electron chi connectivity index (χ4n) is 5.04. The van der Waals surface area contributed by atoms with Crippen molar-refractivity contribution in [1.82, 2.24) is 14.5 Å². The summed E-state index contributed by atoms with van der Waals surface area (Å²) in [5, 5.41) is 1.73. The quantitative estimate of drug-likeness (QED) is 0.549. The molecule has 2 aliphatic heterocycles. The van der Waals surface area contributed by atoms with E-state index in [1.165, 1.54) is 38.9 Å². The molecule has 4 heterocycles. The van der Waals surface area contributed by atoms with Gasteiger partial charge in [-0.25, -0.2) is 0 Å². The van der Waals surface area contributed by atoms with E-state index in [0.717, 1.165) is 12.2 Å². The van der Waals surface area contributed by atoms with Crippen molar-refractivity contribution >= 4 is 16.9 Å². The van der Waals surface area contributed by atoms with Crippen LogP contribution < -0.4 is 0 Å². The maximum atomic E-state index is 5.15. The van der Waals surface area contributed by atoms with Gasteiger partial charge in [-0.1, -0.05) is 43.0 Å². The molecule has 5 heteroatoms. The zero-order chi connectivity index (χ0) is 21.0. The van der Waals surface area contributed by atoms with Crippen LogP contribution in [-0.2, 0) is 0 Å². The van der Waals surface area contributed by atoms with E-state index in [2.05, 4.69) is 85.5 Å². The predicted octanol–water partition coefficient (Wildman–Crippen LogP) is 5.70. The Morgan fingerprint density at radius 1 is 1.00 bits per heavy atom. The van der Waals surface area contributed by atoms with E-state index in [1.807, 2.05) is 24.0 Å². The minimum absolute atomic E-state index is 0.0353. The van der Waals surface area contributed by atoms with Gasteiger partial charge in [0.15, 0.2) is 5.17 Å². The van der Waals surface area contributed by atoms with Gasteiger partial charge in [0.2, 0.25) is 0 Å². The Kier molecular flexibility index (Phi) is 4.73. The summed E-state index contributed by atoms with van der Waals surface area (Å²) in [6.45, 7) is 12.2. The second-order valence-electron chi connectivity index (χ2n) is 8.54. The third-order valence-corrected chi connectivity index (χ3v) is 7.44. The SMILES string of the molecule is Cc1cccc(C)c1-n1c(C)cc(C2C(c3ccccn3)N=C3SC(C)CN32)c1C. The second kappa shape index (κ2) is 7.31. The Labute approximate surface area is 183 Å². The highest BCUT2D eigenvalue weighted by molar-refractivity contribution is 8.14. The van der Waals surface area contributed by atoms with Crippen molar-refractivity contribution in [3.8, 4) is 5.69 Å². The molecule has 0 bridgehead atoms. The van der Waals surface area contributed by atoms with Crippen LogP contribution in [0.15, 0.2) is 53.7 Å². The third kappa shape index (κ3) is 2.99. The molecule has 0 radical (unpaired) electrons. The highest BCUT2D eigenvalue weighted by atomic mass is 32.2. The molecule has 1 aromatic carbocycles. The van der Waals surface area contributed by atoms with Crippen LogP contribution in [0.1, 0.15) is 52.8 Å². The van der Waals surface area contributed by atoms with Gasteiger partial charge in [-0.2, -0.15) is 0 Å². The lowest BCUT2D eigenvalue weighted by atomic mass is 9.96. The first-order chi connectivity index (χ1) is 14.5. The zero-order valence-corrected chi connectivity index (χ0v) is 19.1. The molecule has 1 saturated heterocycles. The lowest BCUT2D eigenvalue weighted by Crippen LogP contribution is -2.29. The first kappa shape index (κ1) is 19.4. The van der Waals surface area contributed by atoms with Crippen LogP contribution in [-0.4, -0.2) is 31.4 Å². The van der Waals surface area contributed by atoms with Gasteiger partial charge in [0, 0.05) is 29.4 Å². The van der Waals surface area contributed by atoms with Crippen LogP contribution in [0.5, 0.6) is 0 Å². The number of hydrogen-bond donors (Lipinski definition) is 0. The maximum absolute atomic E-state index is 5.15. The number of aromatic nitrogens is 2. The molecule has 1 fully saturated rings. The van der Waals surface area contributed by atoms with Gasteiger partial charge in [0.1, 0.15) is 6.04 Å². The average Bonchev–Trinajstić information content (AvgIpc) is 3.33. The fourth-order valence-corrected chi connectivity index (χ4v) is 6.14. The molecular formula is C25H28N4S. The van der Waals surface area contributed by atoms with Gasteiger partial charge in [0.05, 0.1) is 17.4 Å². The van der Waals surface area contributed by atoms with E-state index in [-0.39, 0.29) is 12.1 Å². The molecule has 0 saturated carbocycles. The Morgan fingerprint density at radius 3 is 2.47 bits per heavy atom. The number of fused-ring (bicyclic) bond motifs is 1. The first-order valence-electron chi connectivity index (χ1n) is 10.6. The van der Waals surface area contributed by atoms with Gasteiger partial charge >= 0.3 is 0 Å². The number of aryl methyl sites for hydroxylation is 3. The van der Waals surface area contributed by atoms with Crippen LogP contribution in [0.25, 0.3) is 5.69 Å². The Balaban J connectivity index is 1.66. The number of aliphatic imine (C=N–C) groups is 1. The van der Waals surface area contributed by atoms with Crippen molar-refractivity contribution in [2.45, 2.75) is 52.0 Å². The summed E-state index contributed by atoms with van der Waals surface area (Å²) in [6, 6.07) is 15.3. The minimum Gasteiger partial charge on any atom is -0.341 e. The number of amidine groups is 1. The molecule has 0 aliphatic carbocycles. The summed E-state index contributed by atoms with van der Waals surface area (Å²) in [5.41, 5.74) is 8.90. The number of benzene rings is 1. The Bertz CT molecular complexity index is 1110. The summed E-state index contributed by atoms with van der Waals surface area (Å²) >= 11 is 1.89. The summed E-state index contributed by atoms with van der Waals surface area (Å²) < 4.78 is 2.43. The van der Waals surface area contributed by atoms with E-state index < -0.39 is 0 Å². The van der Waals surface area contributed by atoms with Crippen LogP contribution in [0.2, 0.25) is 0 Å². The van der Waals surface area contributed by atoms with Gasteiger partial charge in [-0.15, -0.1) is 0 Å².